The second-order valence-corrected chi connectivity index (χ2v) is 3.48. The molecule has 0 aromatic rings. The average Bonchev–Trinajstić information content (AvgIpc) is 2.08. The number of hydrogen-bond acceptors (Lipinski definition) is 4. The molecule has 0 aliphatic carbocycles. The Balaban J connectivity index is 3.36. The van der Waals surface area contributed by atoms with Gasteiger partial charge in [0.2, 0.25) is 5.12 Å². The molecule has 0 aromatic carbocycles. The van der Waals surface area contributed by atoms with Crippen LogP contribution < -0.4 is 22.1 Å². The van der Waals surface area contributed by atoms with Gasteiger partial charge in [-0.2, -0.15) is 0 Å². The molecule has 0 fully saturated rings. The zero-order valence-electron chi connectivity index (χ0n) is 7.59. The third-order valence-corrected chi connectivity index (χ3v) is 1.98. The van der Waals surface area contributed by atoms with Crippen LogP contribution in [0.2, 0.25) is 0 Å². The predicted molar refractivity (Wildman–Crippen MR) is 57.3 cm³/mol. The summed E-state index contributed by atoms with van der Waals surface area (Å²) < 4.78 is 0. The molecule has 8 N–H and O–H groups in total. The van der Waals surface area contributed by atoms with E-state index >= 15 is 0 Å². The highest BCUT2D eigenvalue weighted by Crippen LogP contribution is 1.98. The van der Waals surface area contributed by atoms with Crippen LogP contribution in [0.3, 0.4) is 0 Å². The molecule has 8 heteroatoms. The van der Waals surface area contributed by atoms with Gasteiger partial charge in [-0.3, -0.25) is 15.6 Å². The van der Waals surface area contributed by atoms with Crippen LogP contribution in [0, 0.1) is 10.8 Å². The molecule has 0 aromatic heterocycles. The highest BCUT2D eigenvalue weighted by Gasteiger charge is 2.01. The van der Waals surface area contributed by atoms with Crippen molar-refractivity contribution in [3.05, 3.63) is 0 Å². The summed E-state index contributed by atoms with van der Waals surface area (Å²) in [7, 11) is 0. The summed E-state index contributed by atoms with van der Waals surface area (Å²) in [5.41, 5.74) is 10.0. The monoisotopic (exact) mass is 218 g/mol. The molecule has 14 heavy (non-hydrogen) atoms. The van der Waals surface area contributed by atoms with E-state index in [1.54, 1.807) is 0 Å². The molecule has 0 saturated heterocycles. The SMILES string of the molecule is N=C(N)NCCSC(=O)CNC(=N)N. The van der Waals surface area contributed by atoms with E-state index in [1.807, 2.05) is 0 Å². The first-order valence-corrected chi connectivity index (χ1v) is 4.82. The van der Waals surface area contributed by atoms with Crippen LogP contribution >= 0.6 is 11.8 Å². The van der Waals surface area contributed by atoms with E-state index in [0.717, 1.165) is 11.8 Å². The maximum atomic E-state index is 11.0. The van der Waals surface area contributed by atoms with Gasteiger partial charge in [0.15, 0.2) is 11.9 Å². The Bertz CT molecular complexity index is 230. The van der Waals surface area contributed by atoms with Crippen LogP contribution in [-0.2, 0) is 4.79 Å². The van der Waals surface area contributed by atoms with Gasteiger partial charge in [-0.05, 0) is 0 Å². The maximum absolute atomic E-state index is 11.0. The lowest BCUT2D eigenvalue weighted by molar-refractivity contribution is -0.110. The molecule has 0 heterocycles. The topological polar surface area (TPSA) is 141 Å². The highest BCUT2D eigenvalue weighted by molar-refractivity contribution is 8.13. The summed E-state index contributed by atoms with van der Waals surface area (Å²) >= 11 is 1.09. The van der Waals surface area contributed by atoms with E-state index in [0.29, 0.717) is 12.3 Å². The largest absolute Gasteiger partial charge is 0.370 e. The third kappa shape index (κ3) is 8.65. The number of nitrogens with two attached hydrogens (primary N) is 2. The molecule has 80 valence electrons. The molecule has 0 amide bonds. The van der Waals surface area contributed by atoms with Crippen molar-refractivity contribution >= 4 is 28.8 Å². The van der Waals surface area contributed by atoms with Gasteiger partial charge < -0.3 is 22.1 Å². The Labute approximate surface area is 86.0 Å². The van der Waals surface area contributed by atoms with Crippen LogP contribution in [0.1, 0.15) is 0 Å². The van der Waals surface area contributed by atoms with Crippen LogP contribution in [-0.4, -0.2) is 35.9 Å². The average molecular weight is 218 g/mol. The van der Waals surface area contributed by atoms with E-state index < -0.39 is 0 Å². The maximum Gasteiger partial charge on any atom is 0.208 e. The van der Waals surface area contributed by atoms with Gasteiger partial charge in [-0.1, -0.05) is 11.8 Å². The minimum atomic E-state index is -0.221. The van der Waals surface area contributed by atoms with Crippen molar-refractivity contribution in [1.29, 1.82) is 10.8 Å². The van der Waals surface area contributed by atoms with Gasteiger partial charge in [-0.15, -0.1) is 0 Å². The number of nitrogens with one attached hydrogen (secondary N) is 4. The lowest BCUT2D eigenvalue weighted by Gasteiger charge is -2.03. The standard InChI is InChI=1S/C6H14N6OS/c7-5(8)11-1-2-14-4(13)3-12-6(9)10/h1-3H2,(H4,7,8,11)(H4,9,10,12). The number of guanidine groups is 2. The lowest BCUT2D eigenvalue weighted by Crippen LogP contribution is -2.34. The lowest BCUT2D eigenvalue weighted by atomic mass is 10.7. The Morgan fingerprint density at radius 1 is 1.21 bits per heavy atom. The minimum absolute atomic E-state index is 0.0417. The van der Waals surface area contributed by atoms with E-state index in [9.17, 15) is 4.79 Å². The second-order valence-electron chi connectivity index (χ2n) is 2.33. The van der Waals surface area contributed by atoms with Crippen LogP contribution in [0.25, 0.3) is 0 Å². The summed E-state index contributed by atoms with van der Waals surface area (Å²) in [6.45, 7) is 0.506. The van der Waals surface area contributed by atoms with Crippen molar-refractivity contribution in [2.45, 2.75) is 0 Å². The number of carbonyl (C=O) groups is 1. The number of carbonyl (C=O) groups excluding carboxylic acids is 1. The van der Waals surface area contributed by atoms with Crippen molar-refractivity contribution in [3.63, 3.8) is 0 Å². The van der Waals surface area contributed by atoms with Crippen molar-refractivity contribution < 1.29 is 4.79 Å². The summed E-state index contributed by atoms with van der Waals surface area (Å²) in [5, 5.41) is 18.5. The van der Waals surface area contributed by atoms with Gasteiger partial charge >= 0.3 is 0 Å². The fourth-order valence-corrected chi connectivity index (χ4v) is 1.18. The molecule has 0 spiro atoms. The molecular weight excluding hydrogens is 204 g/mol. The zero-order chi connectivity index (χ0) is 11.0. The van der Waals surface area contributed by atoms with E-state index in [4.69, 9.17) is 22.3 Å². The first-order valence-electron chi connectivity index (χ1n) is 3.83. The fourth-order valence-electron chi connectivity index (χ4n) is 0.569. The Kier molecular flexibility index (Phi) is 6.29. The van der Waals surface area contributed by atoms with Crippen molar-refractivity contribution in [2.75, 3.05) is 18.8 Å². The molecule has 0 unspecified atom stereocenters. The van der Waals surface area contributed by atoms with E-state index in [1.165, 1.54) is 0 Å². The quantitative estimate of drug-likeness (QED) is 0.183. The third-order valence-electron chi connectivity index (χ3n) is 1.10. The fraction of sp³-hybridized carbons (Fsp3) is 0.500. The zero-order valence-corrected chi connectivity index (χ0v) is 8.41. The van der Waals surface area contributed by atoms with Gasteiger partial charge in [0.05, 0.1) is 6.54 Å². The number of hydrogen-bond donors (Lipinski definition) is 6. The first-order chi connectivity index (χ1) is 6.52. The van der Waals surface area contributed by atoms with Crippen LogP contribution in [0.4, 0.5) is 0 Å². The molecule has 0 aliphatic rings. The molecule has 0 radical (unpaired) electrons. The Morgan fingerprint density at radius 2 is 1.79 bits per heavy atom. The number of thioether (sulfide) groups is 1. The van der Waals surface area contributed by atoms with Gasteiger partial charge in [-0.25, -0.2) is 0 Å². The minimum Gasteiger partial charge on any atom is -0.370 e. The highest BCUT2D eigenvalue weighted by atomic mass is 32.2. The van der Waals surface area contributed by atoms with Gasteiger partial charge in [0, 0.05) is 12.3 Å². The summed E-state index contributed by atoms with van der Waals surface area (Å²) in [6.07, 6.45) is 0. The van der Waals surface area contributed by atoms with Crippen LogP contribution in [0.15, 0.2) is 0 Å². The van der Waals surface area contributed by atoms with Gasteiger partial charge in [0.1, 0.15) is 0 Å². The molecule has 0 atom stereocenters. The molecular formula is C6H14N6OS. The molecule has 0 saturated carbocycles. The molecule has 0 rings (SSSR count). The van der Waals surface area contributed by atoms with Crippen molar-refractivity contribution in [3.8, 4) is 0 Å². The van der Waals surface area contributed by atoms with Crippen molar-refractivity contribution in [2.24, 2.45) is 11.5 Å². The van der Waals surface area contributed by atoms with Gasteiger partial charge in [0.25, 0.3) is 0 Å². The van der Waals surface area contributed by atoms with E-state index in [-0.39, 0.29) is 23.6 Å². The molecule has 0 bridgehead atoms. The van der Waals surface area contributed by atoms with E-state index in [2.05, 4.69) is 10.6 Å². The summed E-state index contributed by atoms with van der Waals surface area (Å²) in [6, 6.07) is 0. The Morgan fingerprint density at radius 3 is 2.29 bits per heavy atom. The molecule has 7 nitrogen and oxygen atoms in total. The summed E-state index contributed by atoms with van der Waals surface area (Å²) in [4.78, 5) is 11.0. The Hall–Kier alpha value is -1.44. The first kappa shape index (κ1) is 12.6. The van der Waals surface area contributed by atoms with Crippen molar-refractivity contribution in [1.82, 2.24) is 10.6 Å². The second kappa shape index (κ2) is 7.01. The number of rotatable bonds is 5. The predicted octanol–water partition coefficient (Wildman–Crippen LogP) is -1.79. The smallest absolute Gasteiger partial charge is 0.208 e. The summed E-state index contributed by atoms with van der Waals surface area (Å²) in [5.74, 6) is 0.193. The van der Waals surface area contributed by atoms with Crippen LogP contribution in [0.5, 0.6) is 0 Å². The molecule has 0 aliphatic heterocycles. The normalized spacial score (nSPS) is 9.14.